The van der Waals surface area contributed by atoms with Gasteiger partial charge < -0.3 is 14.7 Å². The summed E-state index contributed by atoms with van der Waals surface area (Å²) >= 11 is 0. The molecule has 1 amide bonds. The van der Waals surface area contributed by atoms with E-state index < -0.39 is 5.60 Å². The topological polar surface area (TPSA) is 49.8 Å². The smallest absolute Gasteiger partial charge is 0.410 e. The largest absolute Gasteiger partial charge is 0.444 e. The molecule has 4 nitrogen and oxygen atoms in total. The van der Waals surface area contributed by atoms with Crippen molar-refractivity contribution in [1.82, 2.24) is 4.90 Å². The number of aliphatic hydroxyl groups excluding tert-OH is 1. The molecule has 0 aromatic carbocycles. The van der Waals surface area contributed by atoms with Gasteiger partial charge in [0.05, 0.1) is 6.10 Å². The van der Waals surface area contributed by atoms with Crippen LogP contribution in [0.4, 0.5) is 4.79 Å². The summed E-state index contributed by atoms with van der Waals surface area (Å²) in [5, 5.41) is 9.63. The van der Waals surface area contributed by atoms with E-state index >= 15 is 0 Å². The molecule has 0 saturated heterocycles. The van der Waals surface area contributed by atoms with Crippen LogP contribution in [-0.4, -0.2) is 40.9 Å². The summed E-state index contributed by atoms with van der Waals surface area (Å²) in [6.07, 6.45) is -0.0252. The molecule has 0 bridgehead atoms. The van der Waals surface area contributed by atoms with E-state index in [0.29, 0.717) is 6.42 Å². The summed E-state index contributed by atoms with van der Waals surface area (Å²) in [4.78, 5) is 13.4. The average molecular weight is 229 g/mol. The predicted molar refractivity (Wildman–Crippen MR) is 62.2 cm³/mol. The Kier molecular flexibility index (Phi) is 3.25. The number of hydrogen-bond acceptors (Lipinski definition) is 3. The zero-order valence-electron chi connectivity index (χ0n) is 11.1. The number of nitrogens with zero attached hydrogens (tertiary/aromatic N) is 1. The van der Waals surface area contributed by atoms with Crippen molar-refractivity contribution in [3.05, 3.63) is 0 Å². The van der Waals surface area contributed by atoms with E-state index in [2.05, 4.69) is 0 Å². The van der Waals surface area contributed by atoms with Crippen molar-refractivity contribution in [2.24, 2.45) is 5.41 Å². The highest BCUT2D eigenvalue weighted by Gasteiger charge is 2.51. The van der Waals surface area contributed by atoms with Gasteiger partial charge >= 0.3 is 6.09 Å². The molecule has 0 heterocycles. The molecule has 16 heavy (non-hydrogen) atoms. The van der Waals surface area contributed by atoms with Crippen molar-refractivity contribution in [3.8, 4) is 0 Å². The Balaban J connectivity index is 2.60. The number of aliphatic hydroxyl groups is 1. The first-order valence-electron chi connectivity index (χ1n) is 5.69. The van der Waals surface area contributed by atoms with Crippen LogP contribution in [0.5, 0.6) is 0 Å². The van der Waals surface area contributed by atoms with Crippen LogP contribution < -0.4 is 0 Å². The quantitative estimate of drug-likeness (QED) is 0.748. The van der Waals surface area contributed by atoms with Gasteiger partial charge in [0.1, 0.15) is 5.60 Å². The lowest BCUT2D eigenvalue weighted by Gasteiger charge is -2.52. The van der Waals surface area contributed by atoms with Gasteiger partial charge in [-0.1, -0.05) is 13.8 Å². The third-order valence-electron chi connectivity index (χ3n) is 3.31. The van der Waals surface area contributed by atoms with Gasteiger partial charge in [-0.25, -0.2) is 4.79 Å². The normalized spacial score (nSPS) is 28.2. The molecule has 0 radical (unpaired) electrons. The molecule has 1 fully saturated rings. The Labute approximate surface area is 97.6 Å². The van der Waals surface area contributed by atoms with Crippen molar-refractivity contribution in [1.29, 1.82) is 0 Å². The number of rotatable bonds is 1. The number of carbonyl (C=O) groups excluding carboxylic acids is 1. The van der Waals surface area contributed by atoms with Crippen LogP contribution in [0.3, 0.4) is 0 Å². The summed E-state index contributed by atoms with van der Waals surface area (Å²) in [6, 6.07) is 0.0531. The Morgan fingerprint density at radius 3 is 2.25 bits per heavy atom. The van der Waals surface area contributed by atoms with E-state index in [1.165, 1.54) is 0 Å². The van der Waals surface area contributed by atoms with Crippen LogP contribution in [0.25, 0.3) is 0 Å². The molecular formula is C12H23NO3. The van der Waals surface area contributed by atoms with Gasteiger partial charge in [0, 0.05) is 18.5 Å². The lowest BCUT2D eigenvalue weighted by atomic mass is 9.64. The third kappa shape index (κ3) is 2.48. The monoisotopic (exact) mass is 229 g/mol. The van der Waals surface area contributed by atoms with Gasteiger partial charge in [-0.2, -0.15) is 0 Å². The van der Waals surface area contributed by atoms with Crippen LogP contribution in [0.1, 0.15) is 41.0 Å². The molecule has 94 valence electrons. The van der Waals surface area contributed by atoms with Gasteiger partial charge in [0.15, 0.2) is 0 Å². The fourth-order valence-electron chi connectivity index (χ4n) is 2.00. The summed E-state index contributed by atoms with van der Waals surface area (Å²) < 4.78 is 5.29. The number of hydrogen-bond donors (Lipinski definition) is 1. The van der Waals surface area contributed by atoms with Gasteiger partial charge in [-0.05, 0) is 27.2 Å². The number of amides is 1. The first-order valence-corrected chi connectivity index (χ1v) is 5.69. The second-order valence-corrected chi connectivity index (χ2v) is 6.18. The fourth-order valence-corrected chi connectivity index (χ4v) is 2.00. The highest BCUT2D eigenvalue weighted by atomic mass is 16.6. The van der Waals surface area contributed by atoms with Crippen molar-refractivity contribution >= 4 is 6.09 Å². The lowest BCUT2D eigenvalue weighted by Crippen LogP contribution is -2.61. The zero-order valence-corrected chi connectivity index (χ0v) is 11.1. The van der Waals surface area contributed by atoms with Crippen LogP contribution in [0, 0.1) is 5.41 Å². The summed E-state index contributed by atoms with van der Waals surface area (Å²) in [5.74, 6) is 0. The Morgan fingerprint density at radius 1 is 1.44 bits per heavy atom. The van der Waals surface area contributed by atoms with Crippen LogP contribution in [0.2, 0.25) is 0 Å². The highest BCUT2D eigenvalue weighted by Crippen LogP contribution is 2.43. The maximum absolute atomic E-state index is 11.8. The molecule has 0 spiro atoms. The molecule has 1 rings (SSSR count). The molecule has 1 saturated carbocycles. The molecule has 1 N–H and O–H groups in total. The SMILES string of the molecule is CN(C(=O)OC(C)(C)C)C1CC(O)C1(C)C. The summed E-state index contributed by atoms with van der Waals surface area (Å²) in [5.41, 5.74) is -0.719. The van der Waals surface area contributed by atoms with Crippen LogP contribution in [-0.2, 0) is 4.74 Å². The first-order chi connectivity index (χ1) is 7.05. The lowest BCUT2D eigenvalue weighted by molar-refractivity contribution is -0.112. The Morgan fingerprint density at radius 2 is 1.94 bits per heavy atom. The minimum Gasteiger partial charge on any atom is -0.444 e. The second-order valence-electron chi connectivity index (χ2n) is 6.18. The minimum absolute atomic E-state index is 0.0531. The predicted octanol–water partition coefficient (Wildman–Crippen LogP) is 2.01. The third-order valence-corrected chi connectivity index (χ3v) is 3.31. The molecule has 4 heteroatoms. The van der Waals surface area contributed by atoms with Gasteiger partial charge in [-0.3, -0.25) is 0 Å². The standard InChI is InChI=1S/C12H23NO3/c1-11(2,3)16-10(15)13(6)8-7-9(14)12(8,4)5/h8-9,14H,7H2,1-6H3. The summed E-state index contributed by atoms with van der Waals surface area (Å²) in [7, 11) is 1.73. The second kappa shape index (κ2) is 3.91. The molecule has 0 aromatic heterocycles. The van der Waals surface area contributed by atoms with E-state index in [9.17, 15) is 9.90 Å². The van der Waals surface area contributed by atoms with Gasteiger partial charge in [-0.15, -0.1) is 0 Å². The van der Waals surface area contributed by atoms with Crippen molar-refractivity contribution < 1.29 is 14.6 Å². The van der Waals surface area contributed by atoms with Crippen LogP contribution >= 0.6 is 0 Å². The first kappa shape index (κ1) is 13.3. The molecular weight excluding hydrogens is 206 g/mol. The van der Waals surface area contributed by atoms with Gasteiger partial charge in [0.2, 0.25) is 0 Å². The maximum atomic E-state index is 11.8. The molecule has 0 aliphatic heterocycles. The van der Waals surface area contributed by atoms with E-state index in [1.54, 1.807) is 11.9 Å². The summed E-state index contributed by atoms with van der Waals surface area (Å²) in [6.45, 7) is 9.47. The highest BCUT2D eigenvalue weighted by molar-refractivity contribution is 5.68. The van der Waals surface area contributed by atoms with E-state index in [0.717, 1.165) is 0 Å². The number of ether oxygens (including phenoxy) is 1. The van der Waals surface area contributed by atoms with Crippen molar-refractivity contribution in [3.63, 3.8) is 0 Å². The van der Waals surface area contributed by atoms with E-state index in [-0.39, 0.29) is 23.7 Å². The van der Waals surface area contributed by atoms with Crippen LogP contribution in [0.15, 0.2) is 0 Å². The zero-order chi connectivity index (χ0) is 12.7. The van der Waals surface area contributed by atoms with Crippen molar-refractivity contribution in [2.75, 3.05) is 7.05 Å². The number of carbonyl (C=O) groups is 1. The molecule has 2 unspecified atom stereocenters. The molecule has 1 aliphatic carbocycles. The van der Waals surface area contributed by atoms with E-state index in [4.69, 9.17) is 4.74 Å². The minimum atomic E-state index is -0.474. The average Bonchev–Trinajstić information content (AvgIpc) is 2.10. The Hall–Kier alpha value is -0.770. The Bertz CT molecular complexity index is 280. The van der Waals surface area contributed by atoms with Crippen molar-refractivity contribution in [2.45, 2.75) is 58.8 Å². The molecule has 1 aliphatic rings. The molecule has 0 aromatic rings. The van der Waals surface area contributed by atoms with Gasteiger partial charge in [0.25, 0.3) is 0 Å². The molecule has 2 atom stereocenters. The van der Waals surface area contributed by atoms with E-state index in [1.807, 2.05) is 34.6 Å². The fraction of sp³-hybridized carbons (Fsp3) is 0.917. The maximum Gasteiger partial charge on any atom is 0.410 e.